The predicted octanol–water partition coefficient (Wildman–Crippen LogP) is 3.14. The molecule has 1 spiro atoms. The van der Waals surface area contributed by atoms with Gasteiger partial charge in [-0.1, -0.05) is 6.07 Å². The Morgan fingerprint density at radius 2 is 1.88 bits per heavy atom. The van der Waals surface area contributed by atoms with Crippen molar-refractivity contribution < 1.29 is 26.7 Å². The van der Waals surface area contributed by atoms with Crippen LogP contribution in [0.1, 0.15) is 18.5 Å². The third kappa shape index (κ3) is 3.95. The smallest absolute Gasteiger partial charge is 0.355 e. The summed E-state index contributed by atoms with van der Waals surface area (Å²) in [7, 11) is 0. The number of carbonyl (C=O) groups excluding carboxylic acids is 1. The molecule has 3 aromatic heterocycles. The number of carbonyl (C=O) groups is 1. The van der Waals surface area contributed by atoms with Crippen LogP contribution >= 0.6 is 0 Å². The highest BCUT2D eigenvalue weighted by Gasteiger charge is 2.49. The van der Waals surface area contributed by atoms with Crippen molar-refractivity contribution in [1.82, 2.24) is 24.7 Å². The summed E-state index contributed by atoms with van der Waals surface area (Å²) in [5.74, 6) is 0.287. The number of hydrogen-bond acceptors (Lipinski definition) is 6. The number of piperidine rings is 1. The summed E-state index contributed by atoms with van der Waals surface area (Å²) in [5.41, 5.74) is -0.778. The molecule has 0 aliphatic carbocycles. The van der Waals surface area contributed by atoms with E-state index in [1.807, 2.05) is 0 Å². The zero-order chi connectivity index (χ0) is 23.4. The molecule has 0 radical (unpaired) electrons. The van der Waals surface area contributed by atoms with E-state index in [0.29, 0.717) is 31.6 Å². The lowest BCUT2D eigenvalue weighted by Gasteiger charge is -2.53. The number of fused-ring (bicyclic) bond motifs is 1. The molecular weight excluding hydrogens is 449 g/mol. The highest BCUT2D eigenvalue weighted by Crippen LogP contribution is 2.43. The Bertz CT molecular complexity index is 1200. The third-order valence-corrected chi connectivity index (χ3v) is 6.01. The molecule has 5 rings (SSSR count). The average Bonchev–Trinajstić information content (AvgIpc) is 3.13. The molecule has 5 heterocycles. The molecule has 2 saturated heterocycles. The molecule has 13 heteroatoms. The van der Waals surface area contributed by atoms with Gasteiger partial charge in [0.05, 0.1) is 12.4 Å². The number of amides is 1. The van der Waals surface area contributed by atoms with Crippen molar-refractivity contribution in [2.45, 2.75) is 32.0 Å². The van der Waals surface area contributed by atoms with Gasteiger partial charge in [0.2, 0.25) is 5.91 Å². The number of alkyl halides is 5. The Labute approximate surface area is 184 Å². The first-order valence-electron chi connectivity index (χ1n) is 10.2. The van der Waals surface area contributed by atoms with E-state index < -0.39 is 24.8 Å². The number of anilines is 2. The van der Waals surface area contributed by atoms with Crippen molar-refractivity contribution in [2.75, 3.05) is 29.4 Å². The standard InChI is InChI=1S/C20H18F5N7O/c21-14(22)9-32-18-12(7-27-32)26-8-16(29-18)31-5-4-19(6-17(31)33)10-30(11-19)15-3-1-2-13(28-15)20(23,24)25/h1-3,7-8,14H,4-6,9-11H2. The van der Waals surface area contributed by atoms with E-state index in [1.54, 1.807) is 4.90 Å². The van der Waals surface area contributed by atoms with Gasteiger partial charge in [-0.2, -0.15) is 18.3 Å². The van der Waals surface area contributed by atoms with Crippen LogP contribution in [0.5, 0.6) is 0 Å². The van der Waals surface area contributed by atoms with Crippen LogP contribution in [0.2, 0.25) is 0 Å². The van der Waals surface area contributed by atoms with Crippen molar-refractivity contribution in [2.24, 2.45) is 5.41 Å². The van der Waals surface area contributed by atoms with Gasteiger partial charge in [0.15, 0.2) is 11.5 Å². The Morgan fingerprint density at radius 3 is 2.58 bits per heavy atom. The molecule has 3 aromatic rings. The molecule has 2 aliphatic rings. The quantitative estimate of drug-likeness (QED) is 0.549. The van der Waals surface area contributed by atoms with E-state index in [1.165, 1.54) is 29.4 Å². The summed E-state index contributed by atoms with van der Waals surface area (Å²) in [5, 5.41) is 3.87. The fraction of sp³-hybridized carbons (Fsp3) is 0.450. The van der Waals surface area contributed by atoms with E-state index in [4.69, 9.17) is 0 Å². The highest BCUT2D eigenvalue weighted by atomic mass is 19.4. The van der Waals surface area contributed by atoms with Crippen molar-refractivity contribution in [3.8, 4) is 0 Å². The minimum atomic E-state index is -4.52. The third-order valence-electron chi connectivity index (χ3n) is 6.01. The van der Waals surface area contributed by atoms with Gasteiger partial charge >= 0.3 is 6.18 Å². The fourth-order valence-electron chi connectivity index (χ4n) is 4.41. The van der Waals surface area contributed by atoms with Gasteiger partial charge in [-0.05, 0) is 18.6 Å². The SMILES string of the molecule is O=C1CC2(CCN1c1cnc3cnn(CC(F)F)c3n1)CN(c1cccc(C(F)(F)F)n1)C2. The Balaban J connectivity index is 1.28. The topological polar surface area (TPSA) is 80.0 Å². The van der Waals surface area contributed by atoms with Crippen LogP contribution in [0.4, 0.5) is 33.6 Å². The summed E-state index contributed by atoms with van der Waals surface area (Å²) in [6.07, 6.45) is -3.57. The van der Waals surface area contributed by atoms with Gasteiger partial charge in [-0.15, -0.1) is 0 Å². The molecule has 0 unspecified atom stereocenters. The lowest BCUT2D eigenvalue weighted by Crippen LogP contribution is -2.62. The Morgan fingerprint density at radius 1 is 1.09 bits per heavy atom. The van der Waals surface area contributed by atoms with Crippen LogP contribution < -0.4 is 9.80 Å². The molecule has 33 heavy (non-hydrogen) atoms. The fourth-order valence-corrected chi connectivity index (χ4v) is 4.41. The summed E-state index contributed by atoms with van der Waals surface area (Å²) in [4.78, 5) is 28.3. The van der Waals surface area contributed by atoms with E-state index in [9.17, 15) is 26.7 Å². The number of nitrogens with zero attached hydrogens (tertiary/aromatic N) is 7. The highest BCUT2D eigenvalue weighted by molar-refractivity contribution is 5.94. The number of halogens is 5. The molecule has 2 aliphatic heterocycles. The number of hydrogen-bond donors (Lipinski definition) is 0. The normalized spacial score (nSPS) is 18.4. The molecule has 2 fully saturated rings. The molecule has 0 saturated carbocycles. The summed E-state index contributed by atoms with van der Waals surface area (Å²) in [6.45, 7) is 0.559. The molecule has 174 valence electrons. The van der Waals surface area contributed by atoms with Crippen molar-refractivity contribution in [3.63, 3.8) is 0 Å². The molecule has 1 amide bonds. The van der Waals surface area contributed by atoms with Gasteiger partial charge in [0.25, 0.3) is 6.43 Å². The summed E-state index contributed by atoms with van der Waals surface area (Å²) < 4.78 is 65.4. The van der Waals surface area contributed by atoms with Crippen LogP contribution in [-0.4, -0.2) is 56.7 Å². The van der Waals surface area contributed by atoms with Gasteiger partial charge in [-0.25, -0.2) is 28.4 Å². The first kappa shape index (κ1) is 21.5. The maximum Gasteiger partial charge on any atom is 0.433 e. The Hall–Kier alpha value is -3.38. The average molecular weight is 467 g/mol. The van der Waals surface area contributed by atoms with Crippen LogP contribution in [0.25, 0.3) is 11.2 Å². The van der Waals surface area contributed by atoms with E-state index in [-0.39, 0.29) is 35.0 Å². The van der Waals surface area contributed by atoms with E-state index in [2.05, 4.69) is 20.1 Å². The first-order chi connectivity index (χ1) is 15.6. The second kappa shape index (κ2) is 7.59. The number of rotatable bonds is 4. The zero-order valence-electron chi connectivity index (χ0n) is 17.1. The zero-order valence-corrected chi connectivity index (χ0v) is 17.1. The largest absolute Gasteiger partial charge is 0.433 e. The maximum absolute atomic E-state index is 12.9. The van der Waals surface area contributed by atoms with Crippen molar-refractivity contribution in [1.29, 1.82) is 0 Å². The van der Waals surface area contributed by atoms with E-state index >= 15 is 0 Å². The molecule has 0 bridgehead atoms. The van der Waals surface area contributed by atoms with Gasteiger partial charge in [0, 0.05) is 31.5 Å². The lowest BCUT2D eigenvalue weighted by atomic mass is 9.71. The monoisotopic (exact) mass is 467 g/mol. The number of pyridine rings is 1. The first-order valence-corrected chi connectivity index (χ1v) is 10.2. The van der Waals surface area contributed by atoms with Crippen molar-refractivity contribution in [3.05, 3.63) is 36.3 Å². The summed E-state index contributed by atoms with van der Waals surface area (Å²) in [6, 6.07) is 3.76. The molecule has 0 N–H and O–H groups in total. The lowest BCUT2D eigenvalue weighted by molar-refractivity contribution is -0.141. The van der Waals surface area contributed by atoms with Crippen LogP contribution in [-0.2, 0) is 17.5 Å². The van der Waals surface area contributed by atoms with Gasteiger partial charge in [-0.3, -0.25) is 9.69 Å². The summed E-state index contributed by atoms with van der Waals surface area (Å²) >= 11 is 0. The molecule has 0 aromatic carbocycles. The molecular formula is C20H18F5N7O. The Kier molecular flexibility index (Phi) is 4.94. The second-order valence-corrected chi connectivity index (χ2v) is 8.36. The van der Waals surface area contributed by atoms with Crippen LogP contribution in [0.15, 0.2) is 30.6 Å². The number of aromatic nitrogens is 5. The van der Waals surface area contributed by atoms with Gasteiger partial charge < -0.3 is 4.90 Å². The minimum Gasteiger partial charge on any atom is -0.355 e. The van der Waals surface area contributed by atoms with Gasteiger partial charge in [0.1, 0.15) is 23.6 Å². The van der Waals surface area contributed by atoms with Crippen molar-refractivity contribution >= 4 is 28.7 Å². The second-order valence-electron chi connectivity index (χ2n) is 8.36. The van der Waals surface area contributed by atoms with E-state index in [0.717, 1.165) is 10.7 Å². The minimum absolute atomic E-state index is 0.173. The van der Waals surface area contributed by atoms with Crippen LogP contribution in [0, 0.1) is 5.41 Å². The predicted molar refractivity (Wildman–Crippen MR) is 107 cm³/mol. The maximum atomic E-state index is 12.9. The van der Waals surface area contributed by atoms with Crippen LogP contribution in [0.3, 0.4) is 0 Å². The molecule has 8 nitrogen and oxygen atoms in total. The molecule has 0 atom stereocenters.